The van der Waals surface area contributed by atoms with Crippen molar-refractivity contribution in [3.05, 3.63) is 163 Å². The van der Waals surface area contributed by atoms with Gasteiger partial charge in [0.1, 0.15) is 0 Å². The minimum Gasteiger partial charge on any atom is -0.486 e. The Labute approximate surface area is 382 Å². The normalized spacial score (nSPS) is 11.9. The van der Waals surface area contributed by atoms with Crippen molar-refractivity contribution in [2.45, 2.75) is 85.9 Å². The molecule has 0 bridgehead atoms. The van der Waals surface area contributed by atoms with E-state index in [4.69, 9.17) is 9.40 Å². The maximum Gasteiger partial charge on any atom is 0.216 e. The predicted molar refractivity (Wildman–Crippen MR) is 259 cm³/mol. The molecule has 4 aromatic heterocycles. The molecule has 4 heterocycles. The average molecular weight is 1010 g/mol. The molecule has 0 aliphatic heterocycles. The fraction of sp³-hybridized carbons (Fsp3) is 0.255. The summed E-state index contributed by atoms with van der Waals surface area (Å²) < 4.78 is 8.78. The van der Waals surface area contributed by atoms with Gasteiger partial charge in [-0.3, -0.25) is 4.98 Å². The maximum absolute atomic E-state index is 6.49. The zero-order valence-electron chi connectivity index (χ0n) is 37.6. The first-order valence-corrected chi connectivity index (χ1v) is 25.1. The first-order chi connectivity index (χ1) is 29.2. The molecule has 0 N–H and O–H groups in total. The Morgan fingerprint density at radius 2 is 1.52 bits per heavy atom. The van der Waals surface area contributed by atoms with Gasteiger partial charge in [0.2, 0.25) is 5.71 Å². The number of aromatic nitrogens is 4. The van der Waals surface area contributed by atoms with E-state index in [0.717, 1.165) is 62.1 Å². The number of imidazole rings is 1. The van der Waals surface area contributed by atoms with Crippen molar-refractivity contribution in [3.8, 4) is 39.5 Å². The van der Waals surface area contributed by atoms with Gasteiger partial charge >= 0.3 is 0 Å². The summed E-state index contributed by atoms with van der Waals surface area (Å²) in [5, 5.41) is 3.60. The molecule has 5 nitrogen and oxygen atoms in total. The van der Waals surface area contributed by atoms with Gasteiger partial charge in [-0.05, 0) is 81.7 Å². The zero-order chi connectivity index (χ0) is 43.1. The van der Waals surface area contributed by atoms with Crippen LogP contribution in [0.3, 0.4) is 0 Å². The van der Waals surface area contributed by atoms with E-state index in [-0.39, 0.29) is 25.5 Å². The van der Waals surface area contributed by atoms with Crippen LogP contribution in [0.25, 0.3) is 72.6 Å². The maximum atomic E-state index is 6.49. The van der Waals surface area contributed by atoms with Crippen LogP contribution in [-0.2, 0) is 31.9 Å². The molecule has 0 saturated heterocycles. The first kappa shape index (κ1) is 44.6. The van der Waals surface area contributed by atoms with E-state index in [9.17, 15) is 0 Å². The summed E-state index contributed by atoms with van der Waals surface area (Å²) in [5.74, 6) is 1.78. The van der Waals surface area contributed by atoms with Crippen LogP contribution >= 0.6 is 0 Å². The molecule has 0 aliphatic rings. The number of para-hydroxylation sites is 2. The zero-order valence-corrected chi connectivity index (χ0v) is 41.0. The fourth-order valence-electron chi connectivity index (χ4n) is 8.36. The van der Waals surface area contributed by atoms with E-state index in [2.05, 4.69) is 192 Å². The summed E-state index contributed by atoms with van der Waals surface area (Å²) in [6, 6.07) is 49.1. The van der Waals surface area contributed by atoms with Gasteiger partial charge in [0.25, 0.3) is 0 Å². The molecule has 9 rings (SSSR count). The van der Waals surface area contributed by atoms with Gasteiger partial charge < -0.3 is 14.0 Å². The Bertz CT molecular complexity index is 2970. The van der Waals surface area contributed by atoms with Gasteiger partial charge in [0, 0.05) is 43.6 Å². The summed E-state index contributed by atoms with van der Waals surface area (Å²) in [4.78, 5) is 14.5. The third-order valence-corrected chi connectivity index (χ3v) is 13.4. The first-order valence-electron chi connectivity index (χ1n) is 21.6. The van der Waals surface area contributed by atoms with Crippen LogP contribution in [0.15, 0.2) is 138 Å². The summed E-state index contributed by atoms with van der Waals surface area (Å²) >= 11 is 0. The predicted octanol–water partition coefficient (Wildman–Crippen LogP) is 14.2. The number of benzene rings is 5. The van der Waals surface area contributed by atoms with E-state index >= 15 is 0 Å². The summed E-state index contributed by atoms with van der Waals surface area (Å²) in [6.07, 6.45) is 5.02. The second-order valence-electron chi connectivity index (χ2n) is 18.9. The van der Waals surface area contributed by atoms with Crippen molar-refractivity contribution >= 4 is 46.4 Å². The number of hydrogen-bond acceptors (Lipinski definition) is 4. The molecule has 7 heteroatoms. The minimum atomic E-state index is -1.34. The third kappa shape index (κ3) is 9.03. The number of hydrogen-bond donors (Lipinski definition) is 0. The summed E-state index contributed by atoms with van der Waals surface area (Å²) in [5.41, 5.74) is 13.6. The van der Waals surface area contributed by atoms with Gasteiger partial charge in [-0.15, -0.1) is 53.6 Å². The third-order valence-electron chi connectivity index (χ3n) is 11.3. The molecule has 0 fully saturated rings. The Kier molecular flexibility index (Phi) is 13.0. The number of rotatable bonds is 8. The van der Waals surface area contributed by atoms with E-state index in [1.165, 1.54) is 33.0 Å². The Balaban J connectivity index is 0.000000233. The van der Waals surface area contributed by atoms with Gasteiger partial charge in [0.15, 0.2) is 0 Å². The van der Waals surface area contributed by atoms with Crippen LogP contribution in [0, 0.1) is 18.1 Å². The molecule has 5 aromatic carbocycles. The van der Waals surface area contributed by atoms with Crippen molar-refractivity contribution in [1.82, 2.24) is 19.5 Å². The van der Waals surface area contributed by atoms with E-state index < -0.39 is 8.07 Å². The number of nitrogens with zero attached hydrogens (tertiary/aromatic N) is 4. The molecular formula is C55H56IrN4OSi-2. The number of furan rings is 1. The molecule has 0 unspecified atom stereocenters. The van der Waals surface area contributed by atoms with E-state index in [1.807, 2.05) is 30.3 Å². The molecule has 0 amide bonds. The monoisotopic (exact) mass is 1010 g/mol. The van der Waals surface area contributed by atoms with Crippen LogP contribution in [0.4, 0.5) is 0 Å². The molecule has 0 saturated carbocycles. The van der Waals surface area contributed by atoms with Crippen LogP contribution in [0.1, 0.15) is 71.1 Å². The van der Waals surface area contributed by atoms with Crippen LogP contribution in [0.5, 0.6) is 0 Å². The van der Waals surface area contributed by atoms with Crippen molar-refractivity contribution < 1.29 is 24.5 Å². The fourth-order valence-corrected chi connectivity index (χ4v) is 9.95. The molecule has 317 valence electrons. The van der Waals surface area contributed by atoms with E-state index in [1.54, 1.807) is 6.20 Å². The van der Waals surface area contributed by atoms with Crippen LogP contribution in [0.2, 0.25) is 19.6 Å². The Morgan fingerprint density at radius 3 is 2.21 bits per heavy atom. The van der Waals surface area contributed by atoms with Crippen molar-refractivity contribution in [3.63, 3.8) is 0 Å². The largest absolute Gasteiger partial charge is 0.486 e. The van der Waals surface area contributed by atoms with E-state index in [0.29, 0.717) is 17.5 Å². The molecule has 1 radical (unpaired) electrons. The Morgan fingerprint density at radius 1 is 0.774 bits per heavy atom. The quantitative estimate of drug-likeness (QED) is 0.112. The number of fused-ring (bicyclic) bond motifs is 4. The van der Waals surface area contributed by atoms with Crippen molar-refractivity contribution in [2.75, 3.05) is 0 Å². The Hall–Kier alpha value is -5.46. The second kappa shape index (κ2) is 18.1. The molecular weight excluding hydrogens is 953 g/mol. The summed E-state index contributed by atoms with van der Waals surface area (Å²) in [6.45, 7) is 23.0. The van der Waals surface area contributed by atoms with Crippen LogP contribution < -0.4 is 5.19 Å². The average Bonchev–Trinajstić information content (AvgIpc) is 3.82. The topological polar surface area (TPSA) is 56.7 Å². The van der Waals surface area contributed by atoms with Gasteiger partial charge in [0.05, 0.1) is 30.5 Å². The smallest absolute Gasteiger partial charge is 0.216 e. The minimum absolute atomic E-state index is 0. The molecule has 0 aliphatic carbocycles. The van der Waals surface area contributed by atoms with Crippen molar-refractivity contribution in [2.24, 2.45) is 5.92 Å². The van der Waals surface area contributed by atoms with Gasteiger partial charge in [-0.25, -0.2) is 4.98 Å². The standard InChI is InChI=1S/C37H32N3O.C18H24NSi.Ir/c1-23(2)26-18-19-28(34-33(26)27-14-11-21-38-36(27)41-34)35-39-30-15-9-10-16-32(30)40(35)31-20-17-25(22-29(31)37(3,4)5)24-12-7-6-8-13-24;1-14(2)11-16-12-17(15-9-7-6-8-10-15)19-13-18(16)20(3,4)5;/h6-18,20-23H,1-5H3;6-9,12-14H,11H2,1-5H3;/q2*-1;. The van der Waals surface area contributed by atoms with Gasteiger partial charge in [-0.1, -0.05) is 145 Å². The molecule has 0 atom stereocenters. The summed E-state index contributed by atoms with van der Waals surface area (Å²) in [7, 11) is -1.34. The number of pyridine rings is 2. The van der Waals surface area contributed by atoms with Gasteiger partial charge in [-0.2, -0.15) is 0 Å². The second-order valence-corrected chi connectivity index (χ2v) is 23.9. The van der Waals surface area contributed by atoms with Crippen molar-refractivity contribution in [1.29, 1.82) is 0 Å². The van der Waals surface area contributed by atoms with Crippen LogP contribution in [-0.4, -0.2) is 27.6 Å². The molecule has 9 aromatic rings. The SMILES string of the molecule is CC(C)Cc1cc(-c2[c-]cccc2)ncc1[Si](C)(C)C.CC(C)c1c[c-]c(-c2nc3ccccc3n2-c2ccc(-c3ccccc3)cc2C(C)(C)C)c2oc3ncccc3c12.[Ir]. The molecule has 0 spiro atoms. The molecule has 62 heavy (non-hydrogen) atoms.